The molecular weight excluding hydrogens is 342 g/mol. The van der Waals surface area contributed by atoms with Crippen molar-refractivity contribution in [1.82, 2.24) is 5.32 Å². The number of rotatable bonds is 6. The van der Waals surface area contributed by atoms with Gasteiger partial charge in [0.2, 0.25) is 6.79 Å². The molecular formula is C14H14BrNO5. The average Bonchev–Trinajstić information content (AvgIpc) is 2.91. The molecule has 0 fully saturated rings. The first-order chi connectivity index (χ1) is 10.0. The molecule has 0 aliphatic carbocycles. The second-order valence-corrected chi connectivity index (χ2v) is 5.28. The van der Waals surface area contributed by atoms with Gasteiger partial charge in [-0.15, -0.1) is 6.58 Å². The monoisotopic (exact) mass is 355 g/mol. The Morgan fingerprint density at radius 2 is 2.24 bits per heavy atom. The van der Waals surface area contributed by atoms with Crippen LogP contribution in [-0.2, 0) is 4.79 Å². The second kappa shape index (κ2) is 6.62. The molecule has 0 bridgehead atoms. The van der Waals surface area contributed by atoms with Crippen molar-refractivity contribution in [1.29, 1.82) is 0 Å². The van der Waals surface area contributed by atoms with Gasteiger partial charge in [-0.1, -0.05) is 6.08 Å². The minimum Gasteiger partial charge on any atom is -0.480 e. The molecule has 0 aromatic heterocycles. The molecule has 1 amide bonds. The summed E-state index contributed by atoms with van der Waals surface area (Å²) in [6, 6.07) is 2.13. The molecule has 1 atom stereocenters. The molecule has 7 heteroatoms. The van der Waals surface area contributed by atoms with E-state index in [1.54, 1.807) is 12.1 Å². The lowest BCUT2D eigenvalue weighted by molar-refractivity contribution is -0.139. The number of carbonyl (C=O) groups is 2. The summed E-state index contributed by atoms with van der Waals surface area (Å²) in [5.41, 5.74) is 0.302. The van der Waals surface area contributed by atoms with Gasteiger partial charge in [0.05, 0.1) is 4.47 Å². The van der Waals surface area contributed by atoms with Gasteiger partial charge in [0.15, 0.2) is 11.5 Å². The van der Waals surface area contributed by atoms with Crippen LogP contribution in [0.1, 0.15) is 23.2 Å². The van der Waals surface area contributed by atoms with Crippen molar-refractivity contribution in [2.45, 2.75) is 18.9 Å². The van der Waals surface area contributed by atoms with Crippen LogP contribution in [0.3, 0.4) is 0 Å². The maximum absolute atomic E-state index is 12.2. The predicted octanol–water partition coefficient (Wildman–Crippen LogP) is 2.33. The summed E-state index contributed by atoms with van der Waals surface area (Å²) in [7, 11) is 0. The van der Waals surface area contributed by atoms with Gasteiger partial charge in [0.25, 0.3) is 5.91 Å². The number of aliphatic carboxylic acids is 1. The van der Waals surface area contributed by atoms with E-state index in [9.17, 15) is 9.59 Å². The van der Waals surface area contributed by atoms with Crippen LogP contribution in [0.4, 0.5) is 0 Å². The molecule has 0 saturated heterocycles. The fourth-order valence-electron chi connectivity index (χ4n) is 1.88. The van der Waals surface area contributed by atoms with Crippen LogP contribution in [0, 0.1) is 0 Å². The summed E-state index contributed by atoms with van der Waals surface area (Å²) < 4.78 is 11.0. The fraction of sp³-hybridized carbons (Fsp3) is 0.286. The average molecular weight is 356 g/mol. The number of nitrogens with one attached hydrogen (secondary N) is 1. The standard InChI is InChI=1S/C14H14BrNO5/c1-2-3-4-10(14(18)19)16-13(17)8-5-9(15)12-11(6-8)20-7-21-12/h2,5-6,10H,1,3-4,7H2,(H,16,17)(H,18,19). The highest BCUT2D eigenvalue weighted by molar-refractivity contribution is 9.10. The predicted molar refractivity (Wildman–Crippen MR) is 78.6 cm³/mol. The highest BCUT2D eigenvalue weighted by Crippen LogP contribution is 2.39. The van der Waals surface area contributed by atoms with Crippen LogP contribution in [-0.4, -0.2) is 29.8 Å². The number of amides is 1. The molecule has 0 radical (unpaired) electrons. The van der Waals surface area contributed by atoms with E-state index in [0.29, 0.717) is 28.0 Å². The normalized spacial score (nSPS) is 13.6. The highest BCUT2D eigenvalue weighted by Gasteiger charge is 2.23. The first-order valence-electron chi connectivity index (χ1n) is 6.26. The van der Waals surface area contributed by atoms with Crippen LogP contribution in [0.15, 0.2) is 29.3 Å². The first-order valence-corrected chi connectivity index (χ1v) is 7.06. The molecule has 21 heavy (non-hydrogen) atoms. The van der Waals surface area contributed by atoms with Crippen LogP contribution in [0.25, 0.3) is 0 Å². The molecule has 1 aliphatic heterocycles. The van der Waals surface area contributed by atoms with E-state index < -0.39 is 17.9 Å². The Hall–Kier alpha value is -2.02. The second-order valence-electron chi connectivity index (χ2n) is 4.42. The number of carboxylic acids is 1. The van der Waals surface area contributed by atoms with Crippen molar-refractivity contribution < 1.29 is 24.2 Å². The van der Waals surface area contributed by atoms with Crippen molar-refractivity contribution in [3.05, 3.63) is 34.8 Å². The van der Waals surface area contributed by atoms with E-state index in [0.717, 1.165) is 0 Å². The van der Waals surface area contributed by atoms with Crippen molar-refractivity contribution in [2.75, 3.05) is 6.79 Å². The van der Waals surface area contributed by atoms with Crippen LogP contribution in [0.5, 0.6) is 11.5 Å². The largest absolute Gasteiger partial charge is 0.480 e. The third kappa shape index (κ3) is 3.55. The Balaban J connectivity index is 2.14. The SMILES string of the molecule is C=CCCC(NC(=O)c1cc(Br)c2c(c1)OCO2)C(=O)O. The van der Waals surface area contributed by atoms with Gasteiger partial charge in [0.1, 0.15) is 6.04 Å². The summed E-state index contributed by atoms with van der Waals surface area (Å²) >= 11 is 3.29. The summed E-state index contributed by atoms with van der Waals surface area (Å²) in [6.45, 7) is 3.63. The molecule has 1 aromatic carbocycles. The molecule has 1 aromatic rings. The van der Waals surface area contributed by atoms with Gasteiger partial charge in [-0.3, -0.25) is 4.79 Å². The van der Waals surface area contributed by atoms with E-state index in [1.165, 1.54) is 6.07 Å². The number of halogens is 1. The minimum absolute atomic E-state index is 0.0933. The van der Waals surface area contributed by atoms with E-state index in [-0.39, 0.29) is 13.2 Å². The molecule has 112 valence electrons. The molecule has 0 spiro atoms. The maximum Gasteiger partial charge on any atom is 0.326 e. The van der Waals surface area contributed by atoms with Crippen molar-refractivity contribution in [2.24, 2.45) is 0 Å². The topological polar surface area (TPSA) is 84.9 Å². The number of carboxylic acid groups (broad SMARTS) is 1. The van der Waals surface area contributed by atoms with Crippen molar-refractivity contribution in [3.8, 4) is 11.5 Å². The van der Waals surface area contributed by atoms with Gasteiger partial charge in [-0.25, -0.2) is 4.79 Å². The number of fused-ring (bicyclic) bond motifs is 1. The summed E-state index contributed by atoms with van der Waals surface area (Å²) in [5.74, 6) is -0.573. The Morgan fingerprint density at radius 1 is 1.48 bits per heavy atom. The lowest BCUT2D eigenvalue weighted by atomic mass is 10.1. The number of hydrogen-bond donors (Lipinski definition) is 2. The molecule has 1 unspecified atom stereocenters. The zero-order valence-corrected chi connectivity index (χ0v) is 12.7. The molecule has 6 nitrogen and oxygen atoms in total. The zero-order chi connectivity index (χ0) is 15.4. The van der Waals surface area contributed by atoms with Crippen molar-refractivity contribution >= 4 is 27.8 Å². The van der Waals surface area contributed by atoms with E-state index in [1.807, 2.05) is 0 Å². The van der Waals surface area contributed by atoms with Crippen LogP contribution < -0.4 is 14.8 Å². The summed E-state index contributed by atoms with van der Waals surface area (Å²) in [4.78, 5) is 23.3. The lowest BCUT2D eigenvalue weighted by Crippen LogP contribution is -2.40. The Labute approximate surface area is 129 Å². The Morgan fingerprint density at radius 3 is 2.90 bits per heavy atom. The van der Waals surface area contributed by atoms with E-state index >= 15 is 0 Å². The number of carbonyl (C=O) groups excluding carboxylic acids is 1. The molecule has 1 heterocycles. The van der Waals surface area contributed by atoms with Gasteiger partial charge in [0, 0.05) is 5.56 Å². The number of hydrogen-bond acceptors (Lipinski definition) is 4. The van der Waals surface area contributed by atoms with Gasteiger partial charge in [-0.05, 0) is 40.9 Å². The highest BCUT2D eigenvalue weighted by atomic mass is 79.9. The minimum atomic E-state index is -1.08. The Kier molecular flexibility index (Phi) is 4.85. The van der Waals surface area contributed by atoms with Crippen LogP contribution in [0.2, 0.25) is 0 Å². The Bertz CT molecular complexity index is 587. The quantitative estimate of drug-likeness (QED) is 0.765. The molecule has 2 N–H and O–H groups in total. The van der Waals surface area contributed by atoms with Crippen LogP contribution >= 0.6 is 15.9 Å². The third-order valence-corrected chi connectivity index (χ3v) is 3.54. The van der Waals surface area contributed by atoms with Crippen molar-refractivity contribution in [3.63, 3.8) is 0 Å². The summed E-state index contributed by atoms with van der Waals surface area (Å²) in [6.07, 6.45) is 2.40. The number of benzene rings is 1. The first kappa shape index (κ1) is 15.4. The smallest absolute Gasteiger partial charge is 0.326 e. The molecule has 2 rings (SSSR count). The fourth-order valence-corrected chi connectivity index (χ4v) is 2.44. The molecule has 0 saturated carbocycles. The lowest BCUT2D eigenvalue weighted by Gasteiger charge is -2.14. The number of ether oxygens (including phenoxy) is 2. The van der Waals surface area contributed by atoms with Gasteiger partial charge < -0.3 is 19.9 Å². The van der Waals surface area contributed by atoms with Gasteiger partial charge in [-0.2, -0.15) is 0 Å². The maximum atomic E-state index is 12.2. The van der Waals surface area contributed by atoms with E-state index in [4.69, 9.17) is 14.6 Å². The molecule has 1 aliphatic rings. The van der Waals surface area contributed by atoms with Gasteiger partial charge >= 0.3 is 5.97 Å². The third-order valence-electron chi connectivity index (χ3n) is 2.95. The van der Waals surface area contributed by atoms with E-state index in [2.05, 4.69) is 27.8 Å². The summed E-state index contributed by atoms with van der Waals surface area (Å²) in [5, 5.41) is 11.6. The number of allylic oxidation sites excluding steroid dienone is 1. The zero-order valence-electron chi connectivity index (χ0n) is 11.1.